The van der Waals surface area contributed by atoms with Crippen LogP contribution in [0.3, 0.4) is 0 Å². The van der Waals surface area contributed by atoms with E-state index in [0.29, 0.717) is 11.0 Å². The van der Waals surface area contributed by atoms with Gasteiger partial charge in [0.1, 0.15) is 10.4 Å². The molecule has 0 saturated carbocycles. The molecule has 2 aromatic rings. The third-order valence-electron chi connectivity index (χ3n) is 2.16. The molecule has 5 heteroatoms. The van der Waals surface area contributed by atoms with Crippen molar-refractivity contribution in [2.24, 2.45) is 0 Å². The SMILES string of the molecule is Fc1ccc(NCc2cccc(Br)n2)c(Br)c1. The molecule has 0 bridgehead atoms. The zero-order chi connectivity index (χ0) is 12.3. The molecule has 0 amide bonds. The quantitative estimate of drug-likeness (QED) is 0.823. The monoisotopic (exact) mass is 358 g/mol. The highest BCUT2D eigenvalue weighted by molar-refractivity contribution is 9.10. The van der Waals surface area contributed by atoms with Crippen LogP contribution in [0.1, 0.15) is 5.69 Å². The molecule has 0 unspecified atom stereocenters. The van der Waals surface area contributed by atoms with E-state index < -0.39 is 0 Å². The molecule has 88 valence electrons. The Hall–Kier alpha value is -0.940. The number of benzene rings is 1. The van der Waals surface area contributed by atoms with Gasteiger partial charge in [-0.15, -0.1) is 0 Å². The summed E-state index contributed by atoms with van der Waals surface area (Å²) < 4.78 is 14.4. The molecule has 0 aliphatic rings. The lowest BCUT2D eigenvalue weighted by atomic mass is 10.3. The maximum absolute atomic E-state index is 12.9. The Morgan fingerprint density at radius 2 is 2.00 bits per heavy atom. The van der Waals surface area contributed by atoms with Gasteiger partial charge in [0, 0.05) is 10.2 Å². The number of hydrogen-bond acceptors (Lipinski definition) is 2. The molecule has 2 rings (SSSR count). The van der Waals surface area contributed by atoms with Gasteiger partial charge in [-0.05, 0) is 62.2 Å². The van der Waals surface area contributed by atoms with Crippen molar-refractivity contribution in [1.29, 1.82) is 0 Å². The molecule has 1 aromatic heterocycles. The Kier molecular flexibility index (Phi) is 4.12. The Morgan fingerprint density at radius 3 is 2.71 bits per heavy atom. The van der Waals surface area contributed by atoms with Crippen LogP contribution in [-0.4, -0.2) is 4.98 Å². The van der Waals surface area contributed by atoms with E-state index >= 15 is 0 Å². The molecule has 0 saturated heterocycles. The van der Waals surface area contributed by atoms with Crippen LogP contribution in [0.15, 0.2) is 45.5 Å². The van der Waals surface area contributed by atoms with Crippen molar-refractivity contribution in [3.8, 4) is 0 Å². The summed E-state index contributed by atoms with van der Waals surface area (Å²) in [7, 11) is 0. The van der Waals surface area contributed by atoms with Gasteiger partial charge in [-0.2, -0.15) is 0 Å². The topological polar surface area (TPSA) is 24.9 Å². The minimum absolute atomic E-state index is 0.261. The molecule has 0 radical (unpaired) electrons. The van der Waals surface area contributed by atoms with Crippen molar-refractivity contribution >= 4 is 37.5 Å². The van der Waals surface area contributed by atoms with Crippen molar-refractivity contribution in [3.05, 3.63) is 57.0 Å². The molecule has 1 N–H and O–H groups in total. The summed E-state index contributed by atoms with van der Waals surface area (Å²) >= 11 is 6.62. The maximum Gasteiger partial charge on any atom is 0.124 e. The van der Waals surface area contributed by atoms with E-state index in [0.717, 1.165) is 16.0 Å². The third kappa shape index (κ3) is 3.51. The first kappa shape index (κ1) is 12.5. The van der Waals surface area contributed by atoms with E-state index in [4.69, 9.17) is 0 Å². The van der Waals surface area contributed by atoms with Crippen LogP contribution < -0.4 is 5.32 Å². The molecule has 1 aromatic carbocycles. The average Bonchev–Trinajstić information content (AvgIpc) is 2.28. The van der Waals surface area contributed by atoms with Gasteiger partial charge in [0.25, 0.3) is 0 Å². The Balaban J connectivity index is 2.07. The highest BCUT2D eigenvalue weighted by Gasteiger charge is 2.02. The van der Waals surface area contributed by atoms with Crippen LogP contribution >= 0.6 is 31.9 Å². The summed E-state index contributed by atoms with van der Waals surface area (Å²) in [6, 6.07) is 10.3. The second-order valence-electron chi connectivity index (χ2n) is 3.43. The highest BCUT2D eigenvalue weighted by Crippen LogP contribution is 2.23. The molecule has 1 heterocycles. The molecular formula is C12H9Br2FN2. The predicted molar refractivity (Wildman–Crippen MR) is 73.4 cm³/mol. The van der Waals surface area contributed by atoms with Crippen molar-refractivity contribution in [2.75, 3.05) is 5.32 Å². The molecule has 0 aliphatic carbocycles. The van der Waals surface area contributed by atoms with Crippen molar-refractivity contribution in [3.63, 3.8) is 0 Å². The van der Waals surface area contributed by atoms with Crippen molar-refractivity contribution in [1.82, 2.24) is 4.98 Å². The fourth-order valence-electron chi connectivity index (χ4n) is 1.37. The minimum Gasteiger partial charge on any atom is -0.378 e. The number of hydrogen-bond donors (Lipinski definition) is 1. The van der Waals surface area contributed by atoms with Gasteiger partial charge in [-0.25, -0.2) is 9.37 Å². The van der Waals surface area contributed by atoms with Crippen LogP contribution in [-0.2, 0) is 6.54 Å². The van der Waals surface area contributed by atoms with Gasteiger partial charge in [0.05, 0.1) is 12.2 Å². The lowest BCUT2D eigenvalue weighted by Crippen LogP contribution is -2.02. The summed E-state index contributed by atoms with van der Waals surface area (Å²) in [6.45, 7) is 0.587. The zero-order valence-corrected chi connectivity index (χ0v) is 11.9. The van der Waals surface area contributed by atoms with Crippen LogP contribution in [0.5, 0.6) is 0 Å². The first-order chi connectivity index (χ1) is 8.15. The summed E-state index contributed by atoms with van der Waals surface area (Å²) in [5, 5.41) is 3.19. The van der Waals surface area contributed by atoms with Crippen molar-refractivity contribution < 1.29 is 4.39 Å². The smallest absolute Gasteiger partial charge is 0.124 e. The van der Waals surface area contributed by atoms with Crippen LogP contribution in [0.2, 0.25) is 0 Å². The molecule has 0 fully saturated rings. The minimum atomic E-state index is -0.261. The lowest BCUT2D eigenvalue weighted by molar-refractivity contribution is 0.627. The average molecular weight is 360 g/mol. The van der Waals surface area contributed by atoms with Gasteiger partial charge in [0.2, 0.25) is 0 Å². The highest BCUT2D eigenvalue weighted by atomic mass is 79.9. The number of nitrogens with one attached hydrogen (secondary N) is 1. The van der Waals surface area contributed by atoms with Crippen LogP contribution in [0.25, 0.3) is 0 Å². The van der Waals surface area contributed by atoms with Gasteiger partial charge >= 0.3 is 0 Å². The fourth-order valence-corrected chi connectivity index (χ4v) is 2.24. The molecule has 2 nitrogen and oxygen atoms in total. The van der Waals surface area contributed by atoms with Gasteiger partial charge in [-0.3, -0.25) is 0 Å². The van der Waals surface area contributed by atoms with Crippen LogP contribution in [0.4, 0.5) is 10.1 Å². The number of anilines is 1. The van der Waals surface area contributed by atoms with E-state index in [1.165, 1.54) is 12.1 Å². The number of pyridine rings is 1. The third-order valence-corrected chi connectivity index (χ3v) is 3.26. The van der Waals surface area contributed by atoms with Crippen molar-refractivity contribution in [2.45, 2.75) is 6.54 Å². The molecule has 17 heavy (non-hydrogen) atoms. The second-order valence-corrected chi connectivity index (χ2v) is 5.10. The largest absolute Gasteiger partial charge is 0.378 e. The van der Waals surface area contributed by atoms with Gasteiger partial charge in [0.15, 0.2) is 0 Å². The normalized spacial score (nSPS) is 10.3. The van der Waals surface area contributed by atoms with E-state index in [1.807, 2.05) is 18.2 Å². The molecule has 0 spiro atoms. The molecule has 0 aliphatic heterocycles. The van der Waals surface area contributed by atoms with E-state index in [9.17, 15) is 4.39 Å². The Morgan fingerprint density at radius 1 is 1.18 bits per heavy atom. The predicted octanol–water partition coefficient (Wildman–Crippen LogP) is 4.36. The number of nitrogens with zero attached hydrogens (tertiary/aromatic N) is 1. The van der Waals surface area contributed by atoms with Gasteiger partial charge in [-0.1, -0.05) is 6.07 Å². The standard InChI is InChI=1S/C12H9Br2FN2/c13-10-6-8(15)4-5-11(10)16-7-9-2-1-3-12(14)17-9/h1-6,16H,7H2. The fraction of sp³-hybridized carbons (Fsp3) is 0.0833. The molecule has 0 atom stereocenters. The summed E-state index contributed by atoms with van der Waals surface area (Å²) in [5.74, 6) is -0.261. The lowest BCUT2D eigenvalue weighted by Gasteiger charge is -2.08. The number of halogens is 3. The first-order valence-electron chi connectivity index (χ1n) is 4.95. The van der Waals surface area contributed by atoms with E-state index in [-0.39, 0.29) is 5.82 Å². The number of aromatic nitrogens is 1. The van der Waals surface area contributed by atoms with Gasteiger partial charge < -0.3 is 5.32 Å². The van der Waals surface area contributed by atoms with Crippen LogP contribution in [0, 0.1) is 5.82 Å². The van der Waals surface area contributed by atoms with E-state index in [1.54, 1.807) is 6.07 Å². The zero-order valence-electron chi connectivity index (χ0n) is 8.75. The summed E-state index contributed by atoms with van der Waals surface area (Å²) in [6.07, 6.45) is 0. The van der Waals surface area contributed by atoms with E-state index in [2.05, 4.69) is 42.2 Å². The molecular weight excluding hydrogens is 351 g/mol. The maximum atomic E-state index is 12.9. The first-order valence-corrected chi connectivity index (χ1v) is 6.54. The summed E-state index contributed by atoms with van der Waals surface area (Å²) in [4.78, 5) is 4.30. The second kappa shape index (κ2) is 5.60. The number of rotatable bonds is 3. The Bertz CT molecular complexity index is 532. The summed E-state index contributed by atoms with van der Waals surface area (Å²) in [5.41, 5.74) is 1.75. The Labute approximate surface area is 116 Å².